The van der Waals surface area contributed by atoms with Crippen molar-refractivity contribution in [2.45, 2.75) is 6.61 Å². The summed E-state index contributed by atoms with van der Waals surface area (Å²) in [6, 6.07) is 8.91. The molecule has 1 N–H and O–H groups in total. The van der Waals surface area contributed by atoms with Crippen LogP contribution in [0.25, 0.3) is 0 Å². The van der Waals surface area contributed by atoms with Crippen LogP contribution >= 0.6 is 23.2 Å². The highest BCUT2D eigenvalue weighted by molar-refractivity contribution is 6.31. The predicted molar refractivity (Wildman–Crippen MR) is 68.9 cm³/mol. The number of ether oxygens (including phenoxy) is 1. The highest BCUT2D eigenvalue weighted by Gasteiger charge is 2.07. The number of halogens is 3. The Morgan fingerprint density at radius 3 is 2.56 bits per heavy atom. The fourth-order valence-electron chi connectivity index (χ4n) is 1.44. The van der Waals surface area contributed by atoms with Crippen LogP contribution in [0.4, 0.5) is 4.39 Å². The van der Waals surface area contributed by atoms with Crippen molar-refractivity contribution in [1.82, 2.24) is 0 Å². The van der Waals surface area contributed by atoms with Gasteiger partial charge in [-0.2, -0.15) is 0 Å². The van der Waals surface area contributed by atoms with Gasteiger partial charge in [0.15, 0.2) is 0 Å². The smallest absolute Gasteiger partial charge is 0.142 e. The van der Waals surface area contributed by atoms with Crippen LogP contribution in [-0.4, -0.2) is 5.11 Å². The van der Waals surface area contributed by atoms with Gasteiger partial charge in [-0.1, -0.05) is 23.2 Å². The average Bonchev–Trinajstić information content (AvgIpc) is 2.36. The number of hydrogen-bond donors (Lipinski definition) is 1. The third-order valence-corrected chi connectivity index (χ3v) is 2.84. The van der Waals surface area contributed by atoms with Gasteiger partial charge >= 0.3 is 0 Å². The van der Waals surface area contributed by atoms with Crippen LogP contribution in [0.2, 0.25) is 10.0 Å². The molecule has 2 rings (SSSR count). The second kappa shape index (κ2) is 5.57. The Morgan fingerprint density at radius 1 is 1.11 bits per heavy atom. The second-order valence-corrected chi connectivity index (χ2v) is 4.43. The first-order valence-corrected chi connectivity index (χ1v) is 5.88. The summed E-state index contributed by atoms with van der Waals surface area (Å²) < 4.78 is 18.5. The zero-order valence-corrected chi connectivity index (χ0v) is 10.7. The summed E-state index contributed by atoms with van der Waals surface area (Å²) in [6.07, 6.45) is 0. The zero-order chi connectivity index (χ0) is 13.1. The van der Waals surface area contributed by atoms with Crippen LogP contribution in [0.15, 0.2) is 36.4 Å². The highest BCUT2D eigenvalue weighted by Crippen LogP contribution is 2.30. The third-order valence-electron chi connectivity index (χ3n) is 2.31. The molecule has 18 heavy (non-hydrogen) atoms. The van der Waals surface area contributed by atoms with Gasteiger partial charge in [0.2, 0.25) is 0 Å². The minimum absolute atomic E-state index is 0.0213. The van der Waals surface area contributed by atoms with Crippen molar-refractivity contribution in [3.63, 3.8) is 0 Å². The molecule has 0 saturated heterocycles. The maximum atomic E-state index is 13.0. The molecule has 0 bridgehead atoms. The highest BCUT2D eigenvalue weighted by atomic mass is 35.5. The lowest BCUT2D eigenvalue weighted by molar-refractivity contribution is 0.276. The molecule has 94 valence electrons. The Labute approximate surface area is 114 Å². The van der Waals surface area contributed by atoms with E-state index in [0.29, 0.717) is 22.1 Å². The van der Waals surface area contributed by atoms with Gasteiger partial charge in [0.1, 0.15) is 17.3 Å². The standard InChI is InChI=1S/C13H9Cl2FO2/c14-9-1-4-13(8(5-9)7-17)18-10-2-3-12(16)11(15)6-10/h1-6,17H,7H2. The molecular formula is C13H9Cl2FO2. The molecule has 5 heteroatoms. The topological polar surface area (TPSA) is 29.5 Å². The number of hydrogen-bond acceptors (Lipinski definition) is 2. The van der Waals surface area contributed by atoms with Crippen molar-refractivity contribution in [2.75, 3.05) is 0 Å². The molecule has 0 radical (unpaired) electrons. The molecule has 0 aliphatic rings. The van der Waals surface area contributed by atoms with Gasteiger partial charge in [0.05, 0.1) is 11.6 Å². The lowest BCUT2D eigenvalue weighted by Crippen LogP contribution is -1.92. The van der Waals surface area contributed by atoms with E-state index < -0.39 is 5.82 Å². The maximum Gasteiger partial charge on any atom is 0.142 e. The summed E-state index contributed by atoms with van der Waals surface area (Å²) in [4.78, 5) is 0. The molecule has 2 nitrogen and oxygen atoms in total. The van der Waals surface area contributed by atoms with Crippen LogP contribution in [0.5, 0.6) is 11.5 Å². The normalized spacial score (nSPS) is 10.4. The van der Waals surface area contributed by atoms with E-state index in [1.165, 1.54) is 18.2 Å². The van der Waals surface area contributed by atoms with Crippen molar-refractivity contribution in [3.05, 3.63) is 57.8 Å². The van der Waals surface area contributed by atoms with E-state index in [4.69, 9.17) is 27.9 Å². The molecule has 0 aromatic heterocycles. The molecular weight excluding hydrogens is 278 g/mol. The Hall–Kier alpha value is -1.29. The van der Waals surface area contributed by atoms with E-state index >= 15 is 0 Å². The number of benzene rings is 2. The molecule has 0 atom stereocenters. The maximum absolute atomic E-state index is 13.0. The van der Waals surface area contributed by atoms with Gasteiger partial charge < -0.3 is 9.84 Å². The largest absolute Gasteiger partial charge is 0.457 e. The fourth-order valence-corrected chi connectivity index (χ4v) is 1.80. The Bertz CT molecular complexity index is 573. The Kier molecular flexibility index (Phi) is 4.07. The first-order chi connectivity index (χ1) is 8.60. The van der Waals surface area contributed by atoms with E-state index in [2.05, 4.69) is 0 Å². The van der Waals surface area contributed by atoms with E-state index in [-0.39, 0.29) is 11.6 Å². The van der Waals surface area contributed by atoms with Crippen LogP contribution in [0.3, 0.4) is 0 Å². The van der Waals surface area contributed by atoms with Crippen LogP contribution in [0.1, 0.15) is 5.56 Å². The summed E-state index contributed by atoms with van der Waals surface area (Å²) in [5, 5.41) is 9.68. The zero-order valence-electron chi connectivity index (χ0n) is 9.16. The van der Waals surface area contributed by atoms with Gasteiger partial charge in [0, 0.05) is 16.7 Å². The van der Waals surface area contributed by atoms with Gasteiger partial charge in [-0.3, -0.25) is 0 Å². The number of rotatable bonds is 3. The molecule has 0 fully saturated rings. The van der Waals surface area contributed by atoms with Gasteiger partial charge in [0.25, 0.3) is 0 Å². The van der Waals surface area contributed by atoms with Crippen molar-refractivity contribution < 1.29 is 14.2 Å². The van der Waals surface area contributed by atoms with E-state index in [9.17, 15) is 9.50 Å². The molecule has 2 aromatic rings. The van der Waals surface area contributed by atoms with Crippen LogP contribution in [0, 0.1) is 5.82 Å². The van der Waals surface area contributed by atoms with Gasteiger partial charge in [-0.05, 0) is 30.3 Å². The van der Waals surface area contributed by atoms with Crippen molar-refractivity contribution in [3.8, 4) is 11.5 Å². The van der Waals surface area contributed by atoms with Crippen molar-refractivity contribution in [1.29, 1.82) is 0 Å². The van der Waals surface area contributed by atoms with Crippen LogP contribution < -0.4 is 4.74 Å². The molecule has 0 saturated carbocycles. The molecule has 0 unspecified atom stereocenters. The van der Waals surface area contributed by atoms with Crippen molar-refractivity contribution in [2.24, 2.45) is 0 Å². The summed E-state index contributed by atoms with van der Waals surface area (Å²) >= 11 is 11.5. The first-order valence-electron chi connectivity index (χ1n) is 5.12. The summed E-state index contributed by atoms with van der Waals surface area (Å²) in [6.45, 7) is -0.204. The van der Waals surface area contributed by atoms with Gasteiger partial charge in [-0.15, -0.1) is 0 Å². The van der Waals surface area contributed by atoms with E-state index in [1.807, 2.05) is 0 Å². The fraction of sp³-hybridized carbons (Fsp3) is 0.0769. The van der Waals surface area contributed by atoms with Crippen LogP contribution in [-0.2, 0) is 6.61 Å². The van der Waals surface area contributed by atoms with Crippen molar-refractivity contribution >= 4 is 23.2 Å². The minimum atomic E-state index is -0.512. The Balaban J connectivity index is 2.30. The first kappa shape index (κ1) is 13.1. The summed E-state index contributed by atoms with van der Waals surface area (Å²) in [7, 11) is 0. The van der Waals surface area contributed by atoms with E-state index in [0.717, 1.165) is 0 Å². The monoisotopic (exact) mass is 286 g/mol. The average molecular weight is 287 g/mol. The lowest BCUT2D eigenvalue weighted by Gasteiger charge is -2.10. The summed E-state index contributed by atoms with van der Waals surface area (Å²) in [5.41, 5.74) is 0.544. The van der Waals surface area contributed by atoms with Gasteiger partial charge in [-0.25, -0.2) is 4.39 Å². The molecule has 0 spiro atoms. The minimum Gasteiger partial charge on any atom is -0.457 e. The number of aliphatic hydroxyl groups is 1. The summed E-state index contributed by atoms with van der Waals surface area (Å²) in [5.74, 6) is 0.325. The molecule has 0 amide bonds. The predicted octanol–water partition coefficient (Wildman–Crippen LogP) is 4.42. The lowest BCUT2D eigenvalue weighted by atomic mass is 10.2. The van der Waals surface area contributed by atoms with E-state index in [1.54, 1.807) is 18.2 Å². The quantitative estimate of drug-likeness (QED) is 0.905. The molecule has 0 heterocycles. The number of aliphatic hydroxyl groups excluding tert-OH is 1. The molecule has 0 aliphatic heterocycles. The second-order valence-electron chi connectivity index (χ2n) is 3.59. The molecule has 0 aliphatic carbocycles. The molecule has 2 aromatic carbocycles. The Morgan fingerprint density at radius 2 is 1.89 bits per heavy atom. The third kappa shape index (κ3) is 2.93. The SMILES string of the molecule is OCc1cc(Cl)ccc1Oc1ccc(F)c(Cl)c1.